The Labute approximate surface area is 108 Å². The molecule has 1 saturated carbocycles. The molecule has 2 heterocycles. The minimum atomic E-state index is 0.725. The molecule has 0 spiro atoms. The van der Waals surface area contributed by atoms with Gasteiger partial charge in [0, 0.05) is 41.5 Å². The average molecular weight is 250 g/mol. The Hall–Kier alpha value is -0.380. The van der Waals surface area contributed by atoms with E-state index >= 15 is 0 Å². The van der Waals surface area contributed by atoms with Gasteiger partial charge in [0.2, 0.25) is 0 Å². The van der Waals surface area contributed by atoms with Crippen LogP contribution < -0.4 is 5.32 Å². The van der Waals surface area contributed by atoms with Crippen LogP contribution in [0.3, 0.4) is 0 Å². The number of nitrogens with one attached hydrogen (secondary N) is 1. The van der Waals surface area contributed by atoms with E-state index in [0.717, 1.165) is 18.6 Å². The summed E-state index contributed by atoms with van der Waals surface area (Å²) in [6.07, 6.45) is 5.39. The maximum absolute atomic E-state index is 3.72. The zero-order chi connectivity index (χ0) is 11.7. The molecule has 3 rings (SSSR count). The molecule has 1 aliphatic heterocycles. The molecule has 2 nitrogen and oxygen atoms in total. The van der Waals surface area contributed by atoms with Gasteiger partial charge in [0.25, 0.3) is 0 Å². The van der Waals surface area contributed by atoms with Crippen LogP contribution in [0.15, 0.2) is 12.1 Å². The molecule has 0 radical (unpaired) electrons. The summed E-state index contributed by atoms with van der Waals surface area (Å²) >= 11 is 1.96. The fraction of sp³-hybridized carbons (Fsp3) is 0.714. The maximum atomic E-state index is 3.72. The van der Waals surface area contributed by atoms with Crippen LogP contribution in [0.25, 0.3) is 0 Å². The zero-order valence-electron chi connectivity index (χ0n) is 10.6. The lowest BCUT2D eigenvalue weighted by Crippen LogP contribution is -2.32. The highest BCUT2D eigenvalue weighted by Gasteiger charge is 2.33. The Morgan fingerprint density at radius 1 is 1.29 bits per heavy atom. The third-order valence-corrected chi connectivity index (χ3v) is 5.14. The number of thiophene rings is 1. The first-order valence-corrected chi connectivity index (χ1v) is 7.72. The van der Waals surface area contributed by atoms with Crippen molar-refractivity contribution in [2.45, 2.75) is 51.2 Å². The first-order valence-electron chi connectivity index (χ1n) is 6.90. The number of aryl methyl sites for hydroxylation is 1. The lowest BCUT2D eigenvalue weighted by Gasteiger charge is -2.15. The first kappa shape index (κ1) is 11.7. The highest BCUT2D eigenvalue weighted by Crippen LogP contribution is 2.29. The average Bonchev–Trinajstić information content (AvgIpc) is 2.93. The van der Waals surface area contributed by atoms with Gasteiger partial charge in [-0.3, -0.25) is 4.90 Å². The van der Waals surface area contributed by atoms with Crippen LogP contribution in [0.5, 0.6) is 0 Å². The van der Waals surface area contributed by atoms with Crippen molar-refractivity contribution in [1.82, 2.24) is 10.2 Å². The van der Waals surface area contributed by atoms with Gasteiger partial charge in [-0.2, -0.15) is 0 Å². The monoisotopic (exact) mass is 250 g/mol. The second kappa shape index (κ2) is 5.09. The van der Waals surface area contributed by atoms with E-state index in [1.54, 1.807) is 0 Å². The van der Waals surface area contributed by atoms with Crippen molar-refractivity contribution in [2.24, 2.45) is 0 Å². The van der Waals surface area contributed by atoms with Crippen LogP contribution >= 0.6 is 11.3 Å². The Kier molecular flexibility index (Phi) is 3.50. The fourth-order valence-electron chi connectivity index (χ4n) is 2.68. The smallest absolute Gasteiger partial charge is 0.0302 e. The molecule has 1 aromatic rings. The molecular formula is C14H22N2S. The predicted molar refractivity (Wildman–Crippen MR) is 73.5 cm³/mol. The van der Waals surface area contributed by atoms with Gasteiger partial charge < -0.3 is 5.32 Å². The summed E-state index contributed by atoms with van der Waals surface area (Å²) in [6, 6.07) is 6.22. The normalized spacial score (nSPS) is 25.6. The van der Waals surface area contributed by atoms with E-state index in [-0.39, 0.29) is 0 Å². The Morgan fingerprint density at radius 2 is 2.12 bits per heavy atom. The lowest BCUT2D eigenvalue weighted by atomic mass is 10.2. The molecule has 1 saturated heterocycles. The summed E-state index contributed by atoms with van der Waals surface area (Å²) in [6.45, 7) is 5.88. The molecule has 17 heavy (non-hydrogen) atoms. The number of rotatable bonds is 5. The van der Waals surface area contributed by atoms with Crippen molar-refractivity contribution in [1.29, 1.82) is 0 Å². The molecular weight excluding hydrogens is 228 g/mol. The number of nitrogens with zero attached hydrogens (tertiary/aromatic N) is 1. The topological polar surface area (TPSA) is 15.3 Å². The Morgan fingerprint density at radius 3 is 2.82 bits per heavy atom. The van der Waals surface area contributed by atoms with Gasteiger partial charge in [-0.25, -0.2) is 0 Å². The fourth-order valence-corrected chi connectivity index (χ4v) is 3.59. The van der Waals surface area contributed by atoms with Gasteiger partial charge in [0.1, 0.15) is 0 Å². The number of hydrogen-bond acceptors (Lipinski definition) is 3. The van der Waals surface area contributed by atoms with Crippen LogP contribution in [0.1, 0.15) is 35.9 Å². The third-order valence-electron chi connectivity index (χ3n) is 3.91. The Balaban J connectivity index is 1.44. The van der Waals surface area contributed by atoms with Crippen LogP contribution in [0, 0.1) is 0 Å². The van der Waals surface area contributed by atoms with Gasteiger partial charge in [0.05, 0.1) is 0 Å². The van der Waals surface area contributed by atoms with Crippen molar-refractivity contribution < 1.29 is 0 Å². The third kappa shape index (κ3) is 2.90. The van der Waals surface area contributed by atoms with E-state index in [1.807, 2.05) is 11.3 Å². The first-order chi connectivity index (χ1) is 8.35. The van der Waals surface area contributed by atoms with Gasteiger partial charge >= 0.3 is 0 Å². The molecule has 1 atom stereocenters. The molecule has 2 aliphatic rings. The summed E-state index contributed by atoms with van der Waals surface area (Å²) in [5.41, 5.74) is 0. The van der Waals surface area contributed by atoms with Gasteiger partial charge in [0.15, 0.2) is 0 Å². The van der Waals surface area contributed by atoms with Gasteiger partial charge in [-0.15, -0.1) is 11.3 Å². The lowest BCUT2D eigenvalue weighted by molar-refractivity contribution is 0.317. The molecule has 1 N–H and O–H groups in total. The molecule has 2 fully saturated rings. The quantitative estimate of drug-likeness (QED) is 0.864. The minimum Gasteiger partial charge on any atom is -0.308 e. The van der Waals surface area contributed by atoms with Crippen LogP contribution in [0.4, 0.5) is 0 Å². The molecule has 94 valence electrons. The van der Waals surface area contributed by atoms with E-state index < -0.39 is 0 Å². The highest BCUT2D eigenvalue weighted by atomic mass is 32.1. The van der Waals surface area contributed by atoms with Crippen molar-refractivity contribution in [3.63, 3.8) is 0 Å². The zero-order valence-corrected chi connectivity index (χ0v) is 11.4. The second-order valence-corrected chi connectivity index (χ2v) is 6.57. The van der Waals surface area contributed by atoms with Crippen LogP contribution in [-0.2, 0) is 13.0 Å². The molecule has 1 aromatic heterocycles. The summed E-state index contributed by atoms with van der Waals surface area (Å²) in [5.74, 6) is 0. The summed E-state index contributed by atoms with van der Waals surface area (Å²) in [7, 11) is 0. The summed E-state index contributed by atoms with van der Waals surface area (Å²) < 4.78 is 0. The van der Waals surface area contributed by atoms with E-state index in [4.69, 9.17) is 0 Å². The Bertz CT molecular complexity index is 370. The van der Waals surface area contributed by atoms with Crippen LogP contribution in [-0.4, -0.2) is 30.1 Å². The molecule has 1 aliphatic carbocycles. The maximum Gasteiger partial charge on any atom is 0.0302 e. The molecule has 0 amide bonds. The largest absolute Gasteiger partial charge is 0.308 e. The molecule has 1 unspecified atom stereocenters. The number of likely N-dealkylation sites (tertiary alicyclic amines) is 1. The van der Waals surface area contributed by atoms with E-state index in [9.17, 15) is 0 Å². The van der Waals surface area contributed by atoms with Crippen molar-refractivity contribution >= 4 is 11.3 Å². The second-order valence-electron chi connectivity index (χ2n) is 5.31. The SMILES string of the molecule is CCc1ccc(CNC2CCN(C3CC3)C2)s1. The minimum absolute atomic E-state index is 0.725. The van der Waals surface area contributed by atoms with E-state index in [1.165, 1.54) is 48.5 Å². The summed E-state index contributed by atoms with van der Waals surface area (Å²) in [4.78, 5) is 5.67. The van der Waals surface area contributed by atoms with E-state index in [0.29, 0.717) is 0 Å². The molecule has 0 aromatic carbocycles. The number of hydrogen-bond donors (Lipinski definition) is 1. The molecule has 3 heteroatoms. The highest BCUT2D eigenvalue weighted by molar-refractivity contribution is 7.11. The summed E-state index contributed by atoms with van der Waals surface area (Å²) in [5, 5.41) is 3.72. The van der Waals surface area contributed by atoms with Gasteiger partial charge in [-0.1, -0.05) is 6.92 Å². The van der Waals surface area contributed by atoms with Crippen molar-refractivity contribution in [3.05, 3.63) is 21.9 Å². The van der Waals surface area contributed by atoms with Crippen LogP contribution in [0.2, 0.25) is 0 Å². The predicted octanol–water partition coefficient (Wildman–Crippen LogP) is 2.64. The van der Waals surface area contributed by atoms with E-state index in [2.05, 4.69) is 29.3 Å². The van der Waals surface area contributed by atoms with Gasteiger partial charge in [-0.05, 0) is 37.8 Å². The van der Waals surface area contributed by atoms with Crippen molar-refractivity contribution in [2.75, 3.05) is 13.1 Å². The molecule has 0 bridgehead atoms. The standard InChI is InChI=1S/C14H22N2S/c1-2-13-5-6-14(17-13)9-15-11-7-8-16(10-11)12-3-4-12/h5-6,11-12,15H,2-4,7-10H2,1H3. The van der Waals surface area contributed by atoms with Crippen molar-refractivity contribution in [3.8, 4) is 0 Å².